The second-order valence-corrected chi connectivity index (χ2v) is 5.45. The molecule has 0 aliphatic carbocycles. The maximum Gasteiger partial charge on any atom is 0.307 e. The number of carboxylic acid groups (broad SMARTS) is 2. The minimum Gasteiger partial charge on any atom is -0.481 e. The molecule has 6 nitrogen and oxygen atoms in total. The Hall–Kier alpha value is -1.14. The summed E-state index contributed by atoms with van der Waals surface area (Å²) in [5, 5.41) is 20.3. The molecular formula is C14H26N2O4. The fourth-order valence-corrected chi connectivity index (χ4v) is 2.61. The molecule has 2 atom stereocenters. The molecule has 0 aromatic heterocycles. The van der Waals surface area contributed by atoms with Crippen LogP contribution >= 0.6 is 0 Å². The van der Waals surface area contributed by atoms with E-state index < -0.39 is 11.9 Å². The van der Waals surface area contributed by atoms with Gasteiger partial charge in [0.05, 0.1) is 11.8 Å². The number of carbonyl (C=O) groups is 2. The summed E-state index contributed by atoms with van der Waals surface area (Å²) in [7, 11) is 0. The summed E-state index contributed by atoms with van der Waals surface area (Å²) < 4.78 is 0. The highest BCUT2D eigenvalue weighted by Crippen LogP contribution is 2.15. The van der Waals surface area contributed by atoms with Crippen molar-refractivity contribution in [2.45, 2.75) is 32.6 Å². The van der Waals surface area contributed by atoms with Crippen molar-refractivity contribution in [2.75, 3.05) is 32.7 Å². The largest absolute Gasteiger partial charge is 0.481 e. The molecule has 0 unspecified atom stereocenters. The Morgan fingerprint density at radius 3 is 2.25 bits per heavy atom. The number of rotatable bonds is 3. The van der Waals surface area contributed by atoms with E-state index in [2.05, 4.69) is 17.1 Å². The van der Waals surface area contributed by atoms with Crippen LogP contribution in [-0.4, -0.2) is 59.8 Å². The first kappa shape index (κ1) is 16.9. The summed E-state index contributed by atoms with van der Waals surface area (Å²) in [6.07, 6.45) is 3.72. The molecule has 0 bridgehead atoms. The maximum absolute atomic E-state index is 10.6. The van der Waals surface area contributed by atoms with Crippen molar-refractivity contribution < 1.29 is 19.8 Å². The normalized spacial score (nSPS) is 27.2. The van der Waals surface area contributed by atoms with E-state index in [4.69, 9.17) is 10.2 Å². The number of nitrogens with zero attached hydrogens (tertiary/aromatic N) is 1. The van der Waals surface area contributed by atoms with Crippen molar-refractivity contribution in [2.24, 2.45) is 11.8 Å². The lowest BCUT2D eigenvalue weighted by Crippen LogP contribution is -2.38. The van der Waals surface area contributed by atoms with Gasteiger partial charge in [-0.05, 0) is 45.3 Å². The van der Waals surface area contributed by atoms with E-state index in [0.717, 1.165) is 51.9 Å². The fourth-order valence-electron chi connectivity index (χ4n) is 2.61. The molecule has 2 aliphatic rings. The zero-order chi connectivity index (χ0) is 15.0. The molecule has 3 N–H and O–H groups in total. The van der Waals surface area contributed by atoms with Gasteiger partial charge in [0.1, 0.15) is 0 Å². The first-order chi connectivity index (χ1) is 9.54. The molecule has 2 fully saturated rings. The van der Waals surface area contributed by atoms with Crippen molar-refractivity contribution in [1.82, 2.24) is 10.2 Å². The summed E-state index contributed by atoms with van der Waals surface area (Å²) in [4.78, 5) is 23.1. The predicted octanol–water partition coefficient (Wildman–Crippen LogP) is 0.874. The second-order valence-electron chi connectivity index (χ2n) is 5.45. The fraction of sp³-hybridized carbons (Fsp3) is 0.857. The van der Waals surface area contributed by atoms with Gasteiger partial charge in [-0.25, -0.2) is 0 Å². The van der Waals surface area contributed by atoms with Gasteiger partial charge in [-0.1, -0.05) is 6.92 Å². The van der Waals surface area contributed by atoms with Gasteiger partial charge in [0.25, 0.3) is 0 Å². The van der Waals surface area contributed by atoms with Crippen LogP contribution in [0.4, 0.5) is 0 Å². The standard InChI is InChI=1S/C8H15NO2.C6H11NO2/c1-2-9-5-3-4-7(6-9)8(10)11;8-6(9)5-2-1-3-7-4-5/h7H,2-6H2,1H3,(H,10,11);5,7H,1-4H2,(H,8,9)/t7-;5-/m11/s1. The summed E-state index contributed by atoms with van der Waals surface area (Å²) in [5.41, 5.74) is 0. The number of hydrogen-bond acceptors (Lipinski definition) is 4. The van der Waals surface area contributed by atoms with Crippen molar-refractivity contribution in [3.8, 4) is 0 Å². The number of carboxylic acids is 2. The highest BCUT2D eigenvalue weighted by molar-refractivity contribution is 5.70. The lowest BCUT2D eigenvalue weighted by Gasteiger charge is -2.29. The Morgan fingerprint density at radius 2 is 1.80 bits per heavy atom. The lowest BCUT2D eigenvalue weighted by atomic mass is 9.98. The Kier molecular flexibility index (Phi) is 7.54. The average molecular weight is 286 g/mol. The third kappa shape index (κ3) is 5.88. The van der Waals surface area contributed by atoms with Gasteiger partial charge in [0, 0.05) is 13.1 Å². The number of hydrogen-bond donors (Lipinski definition) is 3. The molecule has 0 saturated carbocycles. The first-order valence-corrected chi connectivity index (χ1v) is 7.43. The number of likely N-dealkylation sites (tertiary alicyclic amines) is 1. The molecule has 0 spiro atoms. The average Bonchev–Trinajstić information content (AvgIpc) is 2.49. The van der Waals surface area contributed by atoms with Gasteiger partial charge in [-0.2, -0.15) is 0 Å². The van der Waals surface area contributed by atoms with Crippen LogP contribution in [0.1, 0.15) is 32.6 Å². The minimum absolute atomic E-state index is 0.122. The van der Waals surface area contributed by atoms with Crippen molar-refractivity contribution in [1.29, 1.82) is 0 Å². The van der Waals surface area contributed by atoms with Gasteiger partial charge in [-0.3, -0.25) is 9.59 Å². The molecule has 116 valence electrons. The van der Waals surface area contributed by atoms with Crippen LogP contribution in [0.3, 0.4) is 0 Å². The van der Waals surface area contributed by atoms with Gasteiger partial charge < -0.3 is 20.4 Å². The van der Waals surface area contributed by atoms with Crippen molar-refractivity contribution in [3.05, 3.63) is 0 Å². The van der Waals surface area contributed by atoms with Crippen LogP contribution in [0.25, 0.3) is 0 Å². The second kappa shape index (κ2) is 8.92. The maximum atomic E-state index is 10.6. The van der Waals surface area contributed by atoms with Crippen LogP contribution in [0.15, 0.2) is 0 Å². The third-order valence-electron chi connectivity index (χ3n) is 3.95. The zero-order valence-corrected chi connectivity index (χ0v) is 12.2. The van der Waals surface area contributed by atoms with Crippen LogP contribution in [0, 0.1) is 11.8 Å². The van der Waals surface area contributed by atoms with E-state index in [1.807, 2.05) is 0 Å². The van der Waals surface area contributed by atoms with Crippen molar-refractivity contribution in [3.63, 3.8) is 0 Å². The Morgan fingerprint density at radius 1 is 1.15 bits per heavy atom. The van der Waals surface area contributed by atoms with Crippen LogP contribution in [-0.2, 0) is 9.59 Å². The SMILES string of the molecule is CCN1CCC[C@@H](C(=O)O)C1.O=C(O)[C@@H]1CCCNC1. The summed E-state index contributed by atoms with van der Waals surface area (Å²) in [6, 6.07) is 0. The monoisotopic (exact) mass is 286 g/mol. The molecule has 2 rings (SSSR count). The van der Waals surface area contributed by atoms with E-state index in [-0.39, 0.29) is 11.8 Å². The smallest absolute Gasteiger partial charge is 0.307 e. The number of nitrogens with one attached hydrogen (secondary N) is 1. The number of aliphatic carboxylic acids is 2. The number of piperidine rings is 2. The molecule has 0 amide bonds. The molecule has 0 radical (unpaired) electrons. The van der Waals surface area contributed by atoms with Crippen LogP contribution in [0.5, 0.6) is 0 Å². The van der Waals surface area contributed by atoms with Gasteiger partial charge in [0.15, 0.2) is 0 Å². The van der Waals surface area contributed by atoms with E-state index >= 15 is 0 Å². The molecule has 2 saturated heterocycles. The molecule has 2 heterocycles. The lowest BCUT2D eigenvalue weighted by molar-refractivity contribution is -0.144. The summed E-state index contributed by atoms with van der Waals surface area (Å²) in [6.45, 7) is 6.49. The van der Waals surface area contributed by atoms with Gasteiger partial charge >= 0.3 is 11.9 Å². The molecule has 0 aromatic rings. The highest BCUT2D eigenvalue weighted by Gasteiger charge is 2.23. The predicted molar refractivity (Wildman–Crippen MR) is 75.7 cm³/mol. The Bertz CT molecular complexity index is 316. The minimum atomic E-state index is -0.665. The molecule has 2 aliphatic heterocycles. The zero-order valence-electron chi connectivity index (χ0n) is 12.2. The van der Waals surface area contributed by atoms with E-state index in [1.165, 1.54) is 0 Å². The summed E-state index contributed by atoms with van der Waals surface area (Å²) in [5.74, 6) is -1.56. The van der Waals surface area contributed by atoms with Crippen molar-refractivity contribution >= 4 is 11.9 Å². The highest BCUT2D eigenvalue weighted by atomic mass is 16.4. The topological polar surface area (TPSA) is 89.9 Å². The third-order valence-corrected chi connectivity index (χ3v) is 3.95. The molecule has 6 heteroatoms. The quantitative estimate of drug-likeness (QED) is 0.713. The Labute approximate surface area is 120 Å². The summed E-state index contributed by atoms with van der Waals surface area (Å²) >= 11 is 0. The van der Waals surface area contributed by atoms with E-state index in [0.29, 0.717) is 6.54 Å². The molecule has 20 heavy (non-hydrogen) atoms. The van der Waals surface area contributed by atoms with E-state index in [9.17, 15) is 9.59 Å². The Balaban J connectivity index is 0.000000204. The van der Waals surface area contributed by atoms with E-state index in [1.54, 1.807) is 0 Å². The van der Waals surface area contributed by atoms with Crippen LogP contribution in [0.2, 0.25) is 0 Å². The van der Waals surface area contributed by atoms with Gasteiger partial charge in [0.2, 0.25) is 0 Å². The van der Waals surface area contributed by atoms with Gasteiger partial charge in [-0.15, -0.1) is 0 Å². The van der Waals surface area contributed by atoms with Crippen LogP contribution < -0.4 is 5.32 Å². The first-order valence-electron chi connectivity index (χ1n) is 7.43. The molecular weight excluding hydrogens is 260 g/mol. The molecule has 0 aromatic carbocycles.